The number of alkyl halides is 3. The first-order valence-corrected chi connectivity index (χ1v) is 7.21. The molecule has 21 heavy (non-hydrogen) atoms. The number of halogens is 4. The number of hydrogen-bond acceptors (Lipinski definition) is 3. The van der Waals surface area contributed by atoms with Gasteiger partial charge in [-0.05, 0) is 17.7 Å². The number of rotatable bonds is 6. The summed E-state index contributed by atoms with van der Waals surface area (Å²) in [6, 6.07) is 2.87. The second-order valence-corrected chi connectivity index (χ2v) is 5.47. The molecule has 0 fully saturated rings. The molecule has 0 aliphatic heterocycles. The normalized spacial score (nSPS) is 12.8. The van der Waals surface area contributed by atoms with Gasteiger partial charge < -0.3 is 11.1 Å². The van der Waals surface area contributed by atoms with E-state index in [0.717, 1.165) is 11.8 Å². The number of hydrogen-bond donors (Lipinski definition) is 2. The van der Waals surface area contributed by atoms with Gasteiger partial charge in [0.25, 0.3) is 0 Å². The van der Waals surface area contributed by atoms with Crippen molar-refractivity contribution in [1.29, 1.82) is 0 Å². The molecular weight excluding hydrogens is 329 g/mol. The summed E-state index contributed by atoms with van der Waals surface area (Å²) in [6.07, 6.45) is -4.64. The number of nitrogens with one attached hydrogen (secondary N) is 1. The number of nitrogens with two attached hydrogens (primary N) is 1. The smallest absolute Gasteiger partial charge is 0.369 e. The van der Waals surface area contributed by atoms with E-state index in [1.807, 2.05) is 5.32 Å². The Kier molecular flexibility index (Phi) is 6.35. The quantitative estimate of drug-likeness (QED) is 0.834. The maximum atomic E-state index is 13.0. The van der Waals surface area contributed by atoms with Crippen LogP contribution in [0.1, 0.15) is 11.6 Å². The molecule has 0 saturated heterocycles. The Morgan fingerprint density at radius 2 is 1.81 bits per heavy atom. The minimum Gasteiger partial charge on any atom is -0.369 e. The van der Waals surface area contributed by atoms with Gasteiger partial charge in [0.2, 0.25) is 11.8 Å². The topological polar surface area (TPSA) is 72.2 Å². The lowest BCUT2D eigenvalue weighted by atomic mass is 10.1. The number of carbonyl (C=O) groups is 2. The van der Waals surface area contributed by atoms with E-state index in [1.165, 1.54) is 24.3 Å². The largest absolute Gasteiger partial charge is 0.412 e. The molecule has 0 saturated carbocycles. The van der Waals surface area contributed by atoms with Crippen molar-refractivity contribution in [2.45, 2.75) is 12.2 Å². The Hall–Kier alpha value is -1.41. The molecule has 0 aliphatic rings. The van der Waals surface area contributed by atoms with Crippen molar-refractivity contribution in [3.63, 3.8) is 0 Å². The fourth-order valence-corrected chi connectivity index (χ4v) is 2.15. The SMILES string of the molecule is NC(=O)CSCC(=O)NC(c1ccc(Cl)cc1)C(F)(F)F. The number of amides is 2. The van der Waals surface area contributed by atoms with Gasteiger partial charge in [0, 0.05) is 5.02 Å². The molecule has 0 radical (unpaired) electrons. The van der Waals surface area contributed by atoms with E-state index in [9.17, 15) is 22.8 Å². The summed E-state index contributed by atoms with van der Waals surface area (Å²) in [4.78, 5) is 22.0. The van der Waals surface area contributed by atoms with Crippen molar-refractivity contribution in [2.24, 2.45) is 5.73 Å². The highest BCUT2D eigenvalue weighted by Gasteiger charge is 2.41. The predicted molar refractivity (Wildman–Crippen MR) is 74.9 cm³/mol. The van der Waals surface area contributed by atoms with Crippen LogP contribution >= 0.6 is 23.4 Å². The number of primary amides is 1. The van der Waals surface area contributed by atoms with Gasteiger partial charge in [-0.3, -0.25) is 9.59 Å². The van der Waals surface area contributed by atoms with Crippen LogP contribution in [-0.4, -0.2) is 29.5 Å². The van der Waals surface area contributed by atoms with Gasteiger partial charge in [-0.15, -0.1) is 11.8 Å². The van der Waals surface area contributed by atoms with Crippen molar-refractivity contribution < 1.29 is 22.8 Å². The highest BCUT2D eigenvalue weighted by atomic mass is 35.5. The van der Waals surface area contributed by atoms with Gasteiger partial charge in [0.1, 0.15) is 0 Å². The first kappa shape index (κ1) is 17.6. The van der Waals surface area contributed by atoms with Crippen molar-refractivity contribution >= 4 is 35.2 Å². The van der Waals surface area contributed by atoms with E-state index in [1.54, 1.807) is 0 Å². The molecule has 0 aromatic heterocycles. The van der Waals surface area contributed by atoms with Gasteiger partial charge in [-0.2, -0.15) is 13.2 Å². The van der Waals surface area contributed by atoms with Crippen LogP contribution in [0.4, 0.5) is 13.2 Å². The standard InChI is InChI=1S/C12H12ClF3N2O2S/c13-8-3-1-7(2-4-8)11(12(14,15)16)18-10(20)6-21-5-9(17)19/h1-4,11H,5-6H2,(H2,17,19)(H,18,20). The third kappa shape index (κ3) is 6.26. The third-order valence-corrected chi connectivity index (χ3v) is 3.52. The summed E-state index contributed by atoms with van der Waals surface area (Å²) in [7, 11) is 0. The second-order valence-electron chi connectivity index (χ2n) is 4.05. The predicted octanol–water partition coefficient (Wildman–Crippen LogP) is 2.28. The highest BCUT2D eigenvalue weighted by Crippen LogP contribution is 2.33. The van der Waals surface area contributed by atoms with Crippen LogP contribution in [0.5, 0.6) is 0 Å². The molecule has 9 heteroatoms. The molecular formula is C12H12ClF3N2O2S. The minimum absolute atomic E-state index is 0.125. The Balaban J connectivity index is 2.73. The van der Waals surface area contributed by atoms with Crippen LogP contribution in [0, 0.1) is 0 Å². The van der Waals surface area contributed by atoms with Crippen LogP contribution in [0.15, 0.2) is 24.3 Å². The molecule has 2 amide bonds. The van der Waals surface area contributed by atoms with E-state index in [2.05, 4.69) is 0 Å². The van der Waals surface area contributed by atoms with E-state index < -0.39 is 24.0 Å². The molecule has 1 atom stereocenters. The monoisotopic (exact) mass is 340 g/mol. The summed E-state index contributed by atoms with van der Waals surface area (Å²) in [5, 5.41) is 2.18. The van der Waals surface area contributed by atoms with Gasteiger partial charge >= 0.3 is 6.18 Å². The Morgan fingerprint density at radius 1 is 1.24 bits per heavy atom. The van der Waals surface area contributed by atoms with Crippen LogP contribution in [0.2, 0.25) is 5.02 Å². The zero-order valence-corrected chi connectivity index (χ0v) is 12.2. The first-order chi connectivity index (χ1) is 9.70. The van der Waals surface area contributed by atoms with E-state index in [4.69, 9.17) is 17.3 Å². The summed E-state index contributed by atoms with van der Waals surface area (Å²) in [5.41, 5.74) is 4.75. The minimum atomic E-state index is -4.64. The Bertz CT molecular complexity index is 508. The Labute approximate surface area is 128 Å². The molecule has 1 aromatic rings. The second kappa shape index (κ2) is 7.56. The van der Waals surface area contributed by atoms with Crippen molar-refractivity contribution in [3.8, 4) is 0 Å². The lowest BCUT2D eigenvalue weighted by molar-refractivity contribution is -0.162. The number of thioether (sulfide) groups is 1. The average molecular weight is 341 g/mol. The molecule has 0 aliphatic carbocycles. The zero-order valence-electron chi connectivity index (χ0n) is 10.6. The van der Waals surface area contributed by atoms with Crippen molar-refractivity contribution in [1.82, 2.24) is 5.32 Å². The Morgan fingerprint density at radius 3 is 2.29 bits per heavy atom. The van der Waals surface area contributed by atoms with Gasteiger partial charge in [-0.1, -0.05) is 23.7 Å². The molecule has 116 valence electrons. The zero-order chi connectivity index (χ0) is 16.0. The van der Waals surface area contributed by atoms with Crippen molar-refractivity contribution in [3.05, 3.63) is 34.9 Å². The molecule has 3 N–H and O–H groups in total. The highest BCUT2D eigenvalue weighted by molar-refractivity contribution is 8.00. The van der Waals surface area contributed by atoms with Crippen molar-refractivity contribution in [2.75, 3.05) is 11.5 Å². The van der Waals surface area contributed by atoms with Gasteiger partial charge in [-0.25, -0.2) is 0 Å². The number of benzene rings is 1. The molecule has 1 aromatic carbocycles. The molecule has 0 heterocycles. The van der Waals surface area contributed by atoms with Crippen LogP contribution < -0.4 is 11.1 Å². The van der Waals surface area contributed by atoms with E-state index >= 15 is 0 Å². The lowest BCUT2D eigenvalue weighted by Gasteiger charge is -2.22. The molecule has 1 rings (SSSR count). The molecule has 0 bridgehead atoms. The summed E-state index contributed by atoms with van der Waals surface area (Å²) in [5.74, 6) is -1.90. The summed E-state index contributed by atoms with van der Waals surface area (Å²) < 4.78 is 39.0. The summed E-state index contributed by atoms with van der Waals surface area (Å²) in [6.45, 7) is 0. The van der Waals surface area contributed by atoms with Crippen LogP contribution in [-0.2, 0) is 9.59 Å². The first-order valence-electron chi connectivity index (χ1n) is 5.67. The molecule has 0 spiro atoms. The summed E-state index contributed by atoms with van der Waals surface area (Å²) >= 11 is 6.46. The number of carbonyl (C=O) groups excluding carboxylic acids is 2. The molecule has 1 unspecified atom stereocenters. The van der Waals surface area contributed by atoms with Gasteiger partial charge in [0.15, 0.2) is 6.04 Å². The maximum Gasteiger partial charge on any atom is 0.412 e. The fraction of sp³-hybridized carbons (Fsp3) is 0.333. The van der Waals surface area contributed by atoms with Crippen LogP contribution in [0.25, 0.3) is 0 Å². The average Bonchev–Trinajstić information content (AvgIpc) is 2.35. The van der Waals surface area contributed by atoms with E-state index in [-0.39, 0.29) is 17.1 Å². The fourth-order valence-electron chi connectivity index (χ4n) is 1.46. The maximum absolute atomic E-state index is 13.0. The van der Waals surface area contributed by atoms with E-state index in [0.29, 0.717) is 5.02 Å². The van der Waals surface area contributed by atoms with Gasteiger partial charge in [0.05, 0.1) is 11.5 Å². The lowest BCUT2D eigenvalue weighted by Crippen LogP contribution is -2.39. The third-order valence-electron chi connectivity index (χ3n) is 2.31. The van der Waals surface area contributed by atoms with Crippen LogP contribution in [0.3, 0.4) is 0 Å². The molecule has 4 nitrogen and oxygen atoms in total.